The van der Waals surface area contributed by atoms with Gasteiger partial charge in [-0.2, -0.15) is 0 Å². The average molecular weight is 300 g/mol. The summed E-state index contributed by atoms with van der Waals surface area (Å²) in [5.74, 6) is -0.0466. The molecule has 0 bridgehead atoms. The zero-order valence-corrected chi connectivity index (χ0v) is 10.8. The van der Waals surface area contributed by atoms with Crippen LogP contribution in [0.5, 0.6) is 5.75 Å². The third-order valence-electron chi connectivity index (χ3n) is 1.91. The standard InChI is InChI=1S/C8H7Cl2NO5S/c1-16-7-3-2-5(4-6(7)11(12)13)17(14,15)8(9)10/h2-4,8H,1H3. The Hall–Kier alpha value is -1.05. The van der Waals surface area contributed by atoms with Crippen LogP contribution in [0.25, 0.3) is 0 Å². The summed E-state index contributed by atoms with van der Waals surface area (Å²) in [4.78, 5) is 9.61. The predicted octanol–water partition coefficient (Wildman–Crippen LogP) is 2.14. The second-order valence-corrected chi connectivity index (χ2v) is 6.54. The maximum Gasteiger partial charge on any atom is 0.312 e. The lowest BCUT2D eigenvalue weighted by molar-refractivity contribution is -0.386. The molecule has 0 aromatic heterocycles. The van der Waals surface area contributed by atoms with E-state index in [1.807, 2.05) is 0 Å². The Morgan fingerprint density at radius 2 is 2.00 bits per heavy atom. The number of hydrogen-bond acceptors (Lipinski definition) is 5. The molecule has 1 aromatic rings. The second kappa shape index (κ2) is 5.07. The maximum absolute atomic E-state index is 11.6. The minimum Gasteiger partial charge on any atom is -0.490 e. The molecular weight excluding hydrogens is 293 g/mol. The van der Waals surface area contributed by atoms with Gasteiger partial charge in [-0.25, -0.2) is 8.42 Å². The summed E-state index contributed by atoms with van der Waals surface area (Å²) in [6.07, 6.45) is 0. The van der Waals surface area contributed by atoms with Gasteiger partial charge in [0.15, 0.2) is 5.75 Å². The van der Waals surface area contributed by atoms with E-state index in [0.717, 1.165) is 12.1 Å². The summed E-state index contributed by atoms with van der Waals surface area (Å²) < 4.78 is 26.2. The van der Waals surface area contributed by atoms with Crippen LogP contribution in [0.3, 0.4) is 0 Å². The van der Waals surface area contributed by atoms with Crippen molar-refractivity contribution >= 4 is 38.7 Å². The molecule has 9 heteroatoms. The van der Waals surface area contributed by atoms with Crippen molar-refractivity contribution in [3.8, 4) is 5.75 Å². The van der Waals surface area contributed by atoms with E-state index in [-0.39, 0.29) is 10.6 Å². The topological polar surface area (TPSA) is 86.5 Å². The molecule has 1 rings (SSSR count). The molecule has 0 saturated heterocycles. The molecule has 0 amide bonds. The number of nitro benzene ring substituents is 1. The van der Waals surface area contributed by atoms with Crippen molar-refractivity contribution in [2.45, 2.75) is 9.06 Å². The molecule has 0 radical (unpaired) electrons. The number of nitrogens with zero attached hydrogens (tertiary/aromatic N) is 1. The van der Waals surface area contributed by atoms with E-state index < -0.39 is 24.6 Å². The monoisotopic (exact) mass is 299 g/mol. The van der Waals surface area contributed by atoms with Crippen molar-refractivity contribution in [2.75, 3.05) is 7.11 Å². The summed E-state index contributed by atoms with van der Waals surface area (Å²) in [5.41, 5.74) is -0.470. The fourth-order valence-corrected chi connectivity index (χ4v) is 2.45. The Morgan fingerprint density at radius 3 is 2.41 bits per heavy atom. The highest BCUT2D eigenvalue weighted by molar-refractivity contribution is 7.94. The zero-order valence-electron chi connectivity index (χ0n) is 8.46. The van der Waals surface area contributed by atoms with Crippen LogP contribution in [0.4, 0.5) is 5.69 Å². The molecule has 0 fully saturated rings. The second-order valence-electron chi connectivity index (χ2n) is 2.90. The Labute approximate surface area is 107 Å². The lowest BCUT2D eigenvalue weighted by atomic mass is 10.3. The molecule has 0 saturated carbocycles. The number of rotatable bonds is 4. The minimum atomic E-state index is -3.99. The number of methoxy groups -OCH3 is 1. The number of sulfone groups is 1. The summed E-state index contributed by atoms with van der Waals surface area (Å²) in [6.45, 7) is 0. The van der Waals surface area contributed by atoms with Gasteiger partial charge in [0, 0.05) is 6.07 Å². The first-order valence-corrected chi connectivity index (χ1v) is 6.57. The molecular formula is C8H7Cl2NO5S. The van der Waals surface area contributed by atoms with Crippen molar-refractivity contribution in [3.63, 3.8) is 0 Å². The molecule has 1 aromatic carbocycles. The van der Waals surface area contributed by atoms with Gasteiger partial charge in [0.1, 0.15) is 0 Å². The molecule has 0 aliphatic heterocycles. The van der Waals surface area contributed by atoms with Crippen LogP contribution in [-0.2, 0) is 9.84 Å². The fourth-order valence-electron chi connectivity index (χ4n) is 1.09. The van der Waals surface area contributed by atoms with Crippen LogP contribution in [0.2, 0.25) is 0 Å². The van der Waals surface area contributed by atoms with Crippen molar-refractivity contribution in [3.05, 3.63) is 28.3 Å². The van der Waals surface area contributed by atoms with Gasteiger partial charge in [0.25, 0.3) is 0 Å². The van der Waals surface area contributed by atoms with E-state index in [9.17, 15) is 18.5 Å². The highest BCUT2D eigenvalue weighted by Crippen LogP contribution is 2.31. The number of halogens is 2. The Morgan fingerprint density at radius 1 is 1.41 bits per heavy atom. The molecule has 0 atom stereocenters. The summed E-state index contributed by atoms with van der Waals surface area (Å²) in [5, 5.41) is 10.7. The first kappa shape index (κ1) is 14.0. The highest BCUT2D eigenvalue weighted by Gasteiger charge is 2.26. The van der Waals surface area contributed by atoms with Crippen LogP contribution in [0.15, 0.2) is 23.1 Å². The Bertz CT molecular complexity index is 543. The molecule has 17 heavy (non-hydrogen) atoms. The summed E-state index contributed by atoms with van der Waals surface area (Å²) in [6, 6.07) is 3.16. The quantitative estimate of drug-likeness (QED) is 0.483. The van der Waals surface area contributed by atoms with Gasteiger partial charge >= 0.3 is 5.69 Å². The fraction of sp³-hybridized carbons (Fsp3) is 0.250. The lowest BCUT2D eigenvalue weighted by Gasteiger charge is -2.06. The van der Waals surface area contributed by atoms with Gasteiger partial charge < -0.3 is 4.74 Å². The van der Waals surface area contributed by atoms with Gasteiger partial charge in [-0.05, 0) is 12.1 Å². The largest absolute Gasteiger partial charge is 0.490 e. The normalized spacial score (nSPS) is 11.5. The summed E-state index contributed by atoms with van der Waals surface area (Å²) in [7, 11) is -2.75. The van der Waals surface area contributed by atoms with Gasteiger partial charge in [-0.1, -0.05) is 23.2 Å². The zero-order chi connectivity index (χ0) is 13.2. The predicted molar refractivity (Wildman–Crippen MR) is 62.3 cm³/mol. The van der Waals surface area contributed by atoms with Gasteiger partial charge in [0.2, 0.25) is 14.0 Å². The number of ether oxygens (including phenoxy) is 1. The third kappa shape index (κ3) is 2.80. The van der Waals surface area contributed by atoms with Crippen molar-refractivity contribution in [1.82, 2.24) is 0 Å². The van der Waals surface area contributed by atoms with E-state index in [1.165, 1.54) is 13.2 Å². The van der Waals surface area contributed by atoms with E-state index in [4.69, 9.17) is 27.9 Å². The lowest BCUT2D eigenvalue weighted by Crippen LogP contribution is -2.10. The molecule has 0 heterocycles. The van der Waals surface area contributed by atoms with Crippen molar-refractivity contribution in [1.29, 1.82) is 0 Å². The SMILES string of the molecule is COc1ccc(S(=O)(=O)C(Cl)Cl)cc1[N+](=O)[O-]. The molecule has 0 aliphatic carbocycles. The number of nitro groups is 1. The van der Waals surface area contributed by atoms with E-state index in [0.29, 0.717) is 0 Å². The third-order valence-corrected chi connectivity index (χ3v) is 4.70. The molecule has 0 aliphatic rings. The molecule has 94 valence electrons. The molecule has 6 nitrogen and oxygen atoms in total. The maximum atomic E-state index is 11.6. The minimum absolute atomic E-state index is 0.0466. The van der Waals surface area contributed by atoms with Gasteiger partial charge in [-0.15, -0.1) is 0 Å². The molecule has 0 spiro atoms. The number of benzene rings is 1. The van der Waals surface area contributed by atoms with Crippen LogP contribution in [0.1, 0.15) is 0 Å². The van der Waals surface area contributed by atoms with Crippen LogP contribution < -0.4 is 4.74 Å². The first-order valence-electron chi connectivity index (χ1n) is 4.15. The van der Waals surface area contributed by atoms with E-state index in [2.05, 4.69) is 0 Å². The van der Waals surface area contributed by atoms with E-state index >= 15 is 0 Å². The highest BCUT2D eigenvalue weighted by atomic mass is 35.5. The van der Waals surface area contributed by atoms with Crippen LogP contribution in [-0.4, -0.2) is 24.6 Å². The molecule has 0 N–H and O–H groups in total. The van der Waals surface area contributed by atoms with Crippen LogP contribution >= 0.6 is 23.2 Å². The Balaban J connectivity index is 3.41. The number of hydrogen-bond donors (Lipinski definition) is 0. The number of alkyl halides is 2. The van der Waals surface area contributed by atoms with E-state index in [1.54, 1.807) is 0 Å². The van der Waals surface area contributed by atoms with Crippen molar-refractivity contribution < 1.29 is 18.1 Å². The smallest absolute Gasteiger partial charge is 0.312 e. The van der Waals surface area contributed by atoms with Crippen molar-refractivity contribution in [2.24, 2.45) is 0 Å². The van der Waals surface area contributed by atoms with Gasteiger partial charge in [0.05, 0.1) is 16.9 Å². The Kier molecular flexibility index (Phi) is 4.18. The van der Waals surface area contributed by atoms with Crippen LogP contribution in [0, 0.1) is 10.1 Å². The molecule has 0 unspecified atom stereocenters. The average Bonchev–Trinajstić information content (AvgIpc) is 2.27. The van der Waals surface area contributed by atoms with Gasteiger partial charge in [-0.3, -0.25) is 10.1 Å². The first-order chi connectivity index (χ1) is 7.80. The summed E-state index contributed by atoms with van der Waals surface area (Å²) >= 11 is 10.6.